The lowest BCUT2D eigenvalue weighted by molar-refractivity contribution is -0.132. The topological polar surface area (TPSA) is 70.0 Å². The molecule has 0 atom stereocenters. The van der Waals surface area contributed by atoms with E-state index in [1.165, 1.54) is 11.3 Å². The summed E-state index contributed by atoms with van der Waals surface area (Å²) in [5.41, 5.74) is 1.54. The van der Waals surface area contributed by atoms with Gasteiger partial charge in [-0.15, -0.1) is 11.3 Å². The lowest BCUT2D eigenvalue weighted by Gasteiger charge is -2.29. The van der Waals surface area contributed by atoms with Gasteiger partial charge in [-0.2, -0.15) is 0 Å². The molecule has 3 rings (SSSR count). The van der Waals surface area contributed by atoms with Crippen LogP contribution in [0.15, 0.2) is 16.2 Å². The molecule has 8 heteroatoms. The largest absolute Gasteiger partial charge is 0.339 e. The van der Waals surface area contributed by atoms with Crippen LogP contribution in [0.3, 0.4) is 0 Å². The van der Waals surface area contributed by atoms with Gasteiger partial charge in [0.15, 0.2) is 4.96 Å². The number of likely N-dealkylation sites (N-methyl/N-ethyl adjacent to an activating group) is 1. The highest BCUT2D eigenvalue weighted by molar-refractivity contribution is 7.15. The molecule has 2 aromatic heterocycles. The highest BCUT2D eigenvalue weighted by Crippen LogP contribution is 2.12. The van der Waals surface area contributed by atoms with Gasteiger partial charge in [-0.05, 0) is 14.0 Å². The SMILES string of the molecule is Cc1csc2nc(CN(C)CC(=O)N3CCNCC3)cc(=O)n12. The summed E-state index contributed by atoms with van der Waals surface area (Å²) in [4.78, 5) is 33.4. The van der Waals surface area contributed by atoms with Gasteiger partial charge in [0.1, 0.15) is 0 Å². The molecule has 1 saturated heterocycles. The van der Waals surface area contributed by atoms with Crippen molar-refractivity contribution in [1.82, 2.24) is 24.5 Å². The van der Waals surface area contributed by atoms with Crippen LogP contribution in [0, 0.1) is 6.92 Å². The number of carbonyl (C=O) groups is 1. The van der Waals surface area contributed by atoms with Crippen molar-refractivity contribution in [3.63, 3.8) is 0 Å². The fourth-order valence-corrected chi connectivity index (χ4v) is 3.65. The quantitative estimate of drug-likeness (QED) is 0.847. The molecule has 0 radical (unpaired) electrons. The minimum Gasteiger partial charge on any atom is -0.339 e. The summed E-state index contributed by atoms with van der Waals surface area (Å²) in [6, 6.07) is 1.55. The molecule has 1 amide bonds. The molecule has 0 spiro atoms. The molecule has 7 nitrogen and oxygen atoms in total. The molecule has 0 bridgehead atoms. The minimum atomic E-state index is -0.0643. The van der Waals surface area contributed by atoms with Crippen LogP contribution in [0.2, 0.25) is 0 Å². The summed E-state index contributed by atoms with van der Waals surface area (Å²) >= 11 is 1.46. The first-order chi connectivity index (χ1) is 11.0. The zero-order valence-corrected chi connectivity index (χ0v) is 14.2. The van der Waals surface area contributed by atoms with E-state index in [4.69, 9.17) is 0 Å². The zero-order valence-electron chi connectivity index (χ0n) is 13.4. The molecule has 0 aromatic carbocycles. The third-order valence-electron chi connectivity index (χ3n) is 3.94. The molecule has 0 saturated carbocycles. The van der Waals surface area contributed by atoms with Gasteiger partial charge in [0.2, 0.25) is 5.91 Å². The monoisotopic (exact) mass is 335 g/mol. The summed E-state index contributed by atoms with van der Waals surface area (Å²) in [5.74, 6) is 0.124. The highest BCUT2D eigenvalue weighted by atomic mass is 32.1. The number of rotatable bonds is 4. The number of aryl methyl sites for hydroxylation is 1. The number of hydrogen-bond donors (Lipinski definition) is 1. The van der Waals surface area contributed by atoms with Gasteiger partial charge < -0.3 is 10.2 Å². The van der Waals surface area contributed by atoms with Crippen molar-refractivity contribution in [3.8, 4) is 0 Å². The fraction of sp³-hybridized carbons (Fsp3) is 0.533. The van der Waals surface area contributed by atoms with Crippen LogP contribution in [-0.2, 0) is 11.3 Å². The first-order valence-corrected chi connectivity index (χ1v) is 8.56. The zero-order chi connectivity index (χ0) is 16.4. The molecule has 1 fully saturated rings. The number of nitrogens with one attached hydrogen (secondary N) is 1. The van der Waals surface area contributed by atoms with Crippen molar-refractivity contribution in [2.45, 2.75) is 13.5 Å². The maximum Gasteiger partial charge on any atom is 0.259 e. The summed E-state index contributed by atoms with van der Waals surface area (Å²) in [5, 5.41) is 5.16. The minimum absolute atomic E-state index is 0.0643. The number of aromatic nitrogens is 2. The van der Waals surface area contributed by atoms with Gasteiger partial charge in [-0.3, -0.25) is 18.9 Å². The van der Waals surface area contributed by atoms with Gasteiger partial charge in [0.25, 0.3) is 5.56 Å². The van der Waals surface area contributed by atoms with E-state index in [9.17, 15) is 9.59 Å². The maximum absolute atomic E-state index is 12.3. The second kappa shape index (κ2) is 6.77. The van der Waals surface area contributed by atoms with Crippen molar-refractivity contribution in [2.75, 3.05) is 39.8 Å². The van der Waals surface area contributed by atoms with E-state index in [1.54, 1.807) is 10.5 Å². The van der Waals surface area contributed by atoms with Gasteiger partial charge in [-0.25, -0.2) is 4.98 Å². The smallest absolute Gasteiger partial charge is 0.259 e. The third kappa shape index (κ3) is 3.60. The fourth-order valence-electron chi connectivity index (χ4n) is 2.76. The first-order valence-electron chi connectivity index (χ1n) is 7.68. The molecular formula is C15H21N5O2S. The number of nitrogens with zero attached hydrogens (tertiary/aromatic N) is 4. The van der Waals surface area contributed by atoms with Gasteiger partial charge in [-0.1, -0.05) is 0 Å². The number of carbonyl (C=O) groups excluding carboxylic acids is 1. The Morgan fingerprint density at radius 1 is 1.43 bits per heavy atom. The van der Waals surface area contributed by atoms with Crippen molar-refractivity contribution in [3.05, 3.63) is 33.2 Å². The Bertz CT molecular complexity index is 763. The number of hydrogen-bond acceptors (Lipinski definition) is 6. The molecule has 1 aliphatic heterocycles. The van der Waals surface area contributed by atoms with E-state index < -0.39 is 0 Å². The summed E-state index contributed by atoms with van der Waals surface area (Å²) in [6.45, 7) is 5.93. The lowest BCUT2D eigenvalue weighted by Crippen LogP contribution is -2.49. The van der Waals surface area contributed by atoms with Crippen LogP contribution in [0.25, 0.3) is 4.96 Å². The van der Waals surface area contributed by atoms with E-state index in [0.29, 0.717) is 23.7 Å². The van der Waals surface area contributed by atoms with E-state index in [0.717, 1.165) is 31.9 Å². The molecule has 23 heavy (non-hydrogen) atoms. The maximum atomic E-state index is 12.3. The summed E-state index contributed by atoms with van der Waals surface area (Å²) in [7, 11) is 1.88. The molecule has 124 valence electrons. The molecule has 0 aliphatic carbocycles. The Morgan fingerprint density at radius 3 is 2.91 bits per heavy atom. The second-order valence-electron chi connectivity index (χ2n) is 5.88. The Morgan fingerprint density at radius 2 is 2.17 bits per heavy atom. The third-order valence-corrected chi connectivity index (χ3v) is 4.88. The molecule has 0 unspecified atom stereocenters. The summed E-state index contributed by atoms with van der Waals surface area (Å²) < 4.78 is 1.61. The predicted octanol–water partition coefficient (Wildman–Crippen LogP) is -0.0720. The summed E-state index contributed by atoms with van der Waals surface area (Å²) in [6.07, 6.45) is 0. The average molecular weight is 335 g/mol. The Kier molecular flexibility index (Phi) is 4.74. The highest BCUT2D eigenvalue weighted by Gasteiger charge is 2.18. The normalized spacial score (nSPS) is 15.5. The van der Waals surface area contributed by atoms with Crippen molar-refractivity contribution < 1.29 is 4.79 Å². The van der Waals surface area contributed by atoms with Crippen LogP contribution in [-0.4, -0.2) is 64.9 Å². The molecule has 1 N–H and O–H groups in total. The Hall–Kier alpha value is -1.77. The van der Waals surface area contributed by atoms with Crippen LogP contribution >= 0.6 is 11.3 Å². The second-order valence-corrected chi connectivity index (χ2v) is 6.72. The number of piperazine rings is 1. The number of fused-ring (bicyclic) bond motifs is 1. The standard InChI is InChI=1S/C15H21N5O2S/c1-11-10-23-15-17-12(7-13(21)20(11)15)8-18(2)9-14(22)19-5-3-16-4-6-19/h7,10,16H,3-6,8-9H2,1-2H3. The first kappa shape index (κ1) is 16.1. The van der Waals surface area contributed by atoms with Crippen LogP contribution in [0.1, 0.15) is 11.4 Å². The van der Waals surface area contributed by atoms with E-state index >= 15 is 0 Å². The van der Waals surface area contributed by atoms with Crippen LogP contribution in [0.4, 0.5) is 0 Å². The molecular weight excluding hydrogens is 314 g/mol. The van der Waals surface area contributed by atoms with Crippen molar-refractivity contribution in [1.29, 1.82) is 0 Å². The average Bonchev–Trinajstić information content (AvgIpc) is 2.89. The Balaban J connectivity index is 1.66. The van der Waals surface area contributed by atoms with Gasteiger partial charge >= 0.3 is 0 Å². The van der Waals surface area contributed by atoms with Crippen LogP contribution in [0.5, 0.6) is 0 Å². The molecule has 1 aliphatic rings. The van der Waals surface area contributed by atoms with Gasteiger partial charge in [0.05, 0.1) is 12.2 Å². The Labute approximate surface area is 138 Å². The van der Waals surface area contributed by atoms with E-state index in [-0.39, 0.29) is 11.5 Å². The van der Waals surface area contributed by atoms with Crippen molar-refractivity contribution in [2.24, 2.45) is 0 Å². The van der Waals surface area contributed by atoms with Crippen molar-refractivity contribution >= 4 is 22.2 Å². The van der Waals surface area contributed by atoms with Crippen LogP contribution < -0.4 is 10.9 Å². The lowest BCUT2D eigenvalue weighted by atomic mass is 10.3. The molecule has 2 aromatic rings. The molecule has 3 heterocycles. The van der Waals surface area contributed by atoms with E-state index in [1.807, 2.05) is 29.2 Å². The number of amides is 1. The predicted molar refractivity (Wildman–Crippen MR) is 89.9 cm³/mol. The van der Waals surface area contributed by atoms with Gasteiger partial charge in [0, 0.05) is 49.9 Å². The van der Waals surface area contributed by atoms with E-state index in [2.05, 4.69) is 10.3 Å². The number of thiazole rings is 1.